The lowest BCUT2D eigenvalue weighted by Crippen LogP contribution is -2.16. The summed E-state index contributed by atoms with van der Waals surface area (Å²) in [4.78, 5) is 36.1. The van der Waals surface area contributed by atoms with E-state index in [1.807, 2.05) is 32.0 Å². The first-order chi connectivity index (χ1) is 16.4. The summed E-state index contributed by atoms with van der Waals surface area (Å²) < 4.78 is 16.2. The van der Waals surface area contributed by atoms with E-state index in [-0.39, 0.29) is 23.0 Å². The normalized spacial score (nSPS) is 11.4. The molecule has 6 nitrogen and oxygen atoms in total. The maximum absolute atomic E-state index is 12.2. The molecule has 2 rings (SSSR count). The molecule has 184 valence electrons. The van der Waals surface area contributed by atoms with Crippen molar-refractivity contribution in [1.29, 1.82) is 0 Å². The second-order valence-electron chi connectivity index (χ2n) is 8.56. The maximum Gasteiger partial charge on any atom is 0.338 e. The van der Waals surface area contributed by atoms with Crippen molar-refractivity contribution in [2.24, 2.45) is 5.92 Å². The van der Waals surface area contributed by atoms with Gasteiger partial charge < -0.3 is 14.2 Å². The Hall–Kier alpha value is -3.93. The van der Waals surface area contributed by atoms with E-state index in [0.29, 0.717) is 11.3 Å². The van der Waals surface area contributed by atoms with Crippen LogP contribution in [0.3, 0.4) is 0 Å². The fourth-order valence-corrected chi connectivity index (χ4v) is 3.10. The summed E-state index contributed by atoms with van der Waals surface area (Å²) in [7, 11) is 0. The molecule has 6 heteroatoms. The highest BCUT2D eigenvalue weighted by Gasteiger charge is 2.18. The van der Waals surface area contributed by atoms with Gasteiger partial charge in [0.25, 0.3) is 0 Å². The van der Waals surface area contributed by atoms with Crippen LogP contribution in [-0.4, -0.2) is 17.9 Å². The molecule has 0 fully saturated rings. The predicted molar refractivity (Wildman–Crippen MR) is 137 cm³/mol. The Balaban J connectivity index is 2.47. The molecule has 0 aliphatic rings. The highest BCUT2D eigenvalue weighted by molar-refractivity contribution is 5.92. The molecular weight excluding hydrogens is 444 g/mol. The molecule has 0 aromatic heterocycles. The SMILES string of the molecule is C=C(C)C(=O)Oc1ccc(/C(CC)=C(\C)c2ccc(OC(=O)C(C)C)c(OC(=O)C(=C)C)c2)cc1. The second kappa shape index (κ2) is 12.0. The smallest absolute Gasteiger partial charge is 0.338 e. The second-order valence-corrected chi connectivity index (χ2v) is 8.56. The van der Waals surface area contributed by atoms with Gasteiger partial charge in [-0.15, -0.1) is 0 Å². The van der Waals surface area contributed by atoms with Crippen LogP contribution in [0.1, 0.15) is 59.1 Å². The van der Waals surface area contributed by atoms with Gasteiger partial charge in [-0.1, -0.05) is 52.1 Å². The summed E-state index contributed by atoms with van der Waals surface area (Å²) in [5.41, 5.74) is 4.31. The standard InChI is InChI=1S/C29H32O6/c1-9-24(21-10-13-23(14-11-21)33-27(30)17(2)3)20(8)22-12-15-25(34-28(31)18(4)5)26(16-22)35-29(32)19(6)7/h10-16,18H,2,6,9H2,1,3-5,7-8H3/b24-20+. The third kappa shape index (κ3) is 7.27. The lowest BCUT2D eigenvalue weighted by Gasteiger charge is -2.16. The third-order valence-corrected chi connectivity index (χ3v) is 5.18. The van der Waals surface area contributed by atoms with Crippen molar-refractivity contribution in [3.8, 4) is 17.2 Å². The molecule has 0 spiro atoms. The van der Waals surface area contributed by atoms with Crippen molar-refractivity contribution in [1.82, 2.24) is 0 Å². The maximum atomic E-state index is 12.2. The zero-order chi connectivity index (χ0) is 26.3. The summed E-state index contributed by atoms with van der Waals surface area (Å²) in [6, 6.07) is 12.3. The van der Waals surface area contributed by atoms with Crippen molar-refractivity contribution >= 4 is 29.1 Å². The van der Waals surface area contributed by atoms with Crippen LogP contribution < -0.4 is 14.2 Å². The first kappa shape index (κ1) is 27.3. The van der Waals surface area contributed by atoms with Crippen molar-refractivity contribution in [3.63, 3.8) is 0 Å². The van der Waals surface area contributed by atoms with Crippen LogP contribution in [0.4, 0.5) is 0 Å². The van der Waals surface area contributed by atoms with Gasteiger partial charge in [0.15, 0.2) is 11.5 Å². The van der Waals surface area contributed by atoms with Gasteiger partial charge in [0, 0.05) is 11.1 Å². The molecule has 0 saturated carbocycles. The molecule has 0 amide bonds. The monoisotopic (exact) mass is 476 g/mol. The molecule has 0 N–H and O–H groups in total. The number of carbonyl (C=O) groups is 3. The van der Waals surface area contributed by atoms with Gasteiger partial charge in [-0.05, 0) is 73.7 Å². The highest BCUT2D eigenvalue weighted by Crippen LogP contribution is 2.36. The first-order valence-corrected chi connectivity index (χ1v) is 11.4. The average Bonchev–Trinajstić information content (AvgIpc) is 2.81. The predicted octanol–water partition coefficient (Wildman–Crippen LogP) is 6.55. The van der Waals surface area contributed by atoms with Gasteiger partial charge >= 0.3 is 17.9 Å². The van der Waals surface area contributed by atoms with Crippen LogP contribution in [0.2, 0.25) is 0 Å². The summed E-state index contributed by atoms with van der Waals surface area (Å²) >= 11 is 0. The average molecular weight is 477 g/mol. The van der Waals surface area contributed by atoms with Crippen LogP contribution in [-0.2, 0) is 14.4 Å². The molecule has 0 aliphatic heterocycles. The van der Waals surface area contributed by atoms with Crippen LogP contribution in [0, 0.1) is 5.92 Å². The third-order valence-electron chi connectivity index (χ3n) is 5.18. The zero-order valence-corrected chi connectivity index (χ0v) is 21.2. The molecule has 0 heterocycles. The Bertz CT molecular complexity index is 1180. The van der Waals surface area contributed by atoms with Crippen molar-refractivity contribution in [2.45, 2.75) is 48.0 Å². The lowest BCUT2D eigenvalue weighted by molar-refractivity contribution is -0.138. The van der Waals surface area contributed by atoms with E-state index >= 15 is 0 Å². The molecule has 2 aromatic rings. The minimum Gasteiger partial charge on any atom is -0.423 e. The van der Waals surface area contributed by atoms with Crippen LogP contribution in [0.5, 0.6) is 17.2 Å². The largest absolute Gasteiger partial charge is 0.423 e. The topological polar surface area (TPSA) is 78.9 Å². The van der Waals surface area contributed by atoms with Crippen LogP contribution >= 0.6 is 0 Å². The first-order valence-electron chi connectivity index (χ1n) is 11.4. The Morgan fingerprint density at radius 2 is 1.31 bits per heavy atom. The zero-order valence-electron chi connectivity index (χ0n) is 21.2. The van der Waals surface area contributed by atoms with Crippen molar-refractivity contribution in [3.05, 3.63) is 77.9 Å². The Morgan fingerprint density at radius 1 is 0.771 bits per heavy atom. The highest BCUT2D eigenvalue weighted by atomic mass is 16.6. The van der Waals surface area contributed by atoms with E-state index < -0.39 is 17.9 Å². The van der Waals surface area contributed by atoms with E-state index in [9.17, 15) is 14.4 Å². The number of benzene rings is 2. The van der Waals surface area contributed by atoms with Gasteiger partial charge in [-0.2, -0.15) is 0 Å². The minimum absolute atomic E-state index is 0.140. The molecule has 0 radical (unpaired) electrons. The Morgan fingerprint density at radius 3 is 1.83 bits per heavy atom. The fourth-order valence-electron chi connectivity index (χ4n) is 3.10. The molecule has 0 aliphatic carbocycles. The van der Waals surface area contributed by atoms with Gasteiger partial charge in [0.2, 0.25) is 0 Å². The molecule has 0 atom stereocenters. The quantitative estimate of drug-likeness (QED) is 0.177. The summed E-state index contributed by atoms with van der Waals surface area (Å²) in [5.74, 6) is -1.13. The number of ether oxygens (including phenoxy) is 3. The van der Waals surface area contributed by atoms with Crippen molar-refractivity contribution in [2.75, 3.05) is 0 Å². The minimum atomic E-state index is -0.610. The number of esters is 3. The molecular formula is C29H32O6. The lowest BCUT2D eigenvalue weighted by atomic mass is 9.93. The van der Waals surface area contributed by atoms with Gasteiger partial charge in [-0.3, -0.25) is 4.79 Å². The van der Waals surface area contributed by atoms with Gasteiger partial charge in [0.05, 0.1) is 5.92 Å². The van der Waals surface area contributed by atoms with Crippen LogP contribution in [0.25, 0.3) is 11.1 Å². The number of rotatable bonds is 9. The molecule has 2 aromatic carbocycles. The van der Waals surface area contributed by atoms with E-state index in [2.05, 4.69) is 13.2 Å². The molecule has 0 unspecified atom stereocenters. The number of hydrogen-bond acceptors (Lipinski definition) is 6. The summed E-state index contributed by atoms with van der Waals surface area (Å²) in [6.45, 7) is 17.8. The van der Waals surface area contributed by atoms with E-state index in [0.717, 1.165) is 28.7 Å². The molecule has 0 bridgehead atoms. The molecule has 0 saturated heterocycles. The van der Waals surface area contributed by atoms with E-state index in [4.69, 9.17) is 14.2 Å². The van der Waals surface area contributed by atoms with Gasteiger partial charge in [-0.25, -0.2) is 9.59 Å². The van der Waals surface area contributed by atoms with E-state index in [1.165, 1.54) is 0 Å². The summed E-state index contributed by atoms with van der Waals surface area (Å²) in [5, 5.41) is 0. The number of hydrogen-bond donors (Lipinski definition) is 0. The van der Waals surface area contributed by atoms with Gasteiger partial charge in [0.1, 0.15) is 5.75 Å². The molecule has 35 heavy (non-hydrogen) atoms. The number of allylic oxidation sites excluding steroid dienone is 2. The summed E-state index contributed by atoms with van der Waals surface area (Å²) in [6.07, 6.45) is 0.724. The Kier molecular flexibility index (Phi) is 9.34. The van der Waals surface area contributed by atoms with Crippen molar-refractivity contribution < 1.29 is 28.6 Å². The van der Waals surface area contributed by atoms with E-state index in [1.54, 1.807) is 52.0 Å². The fraction of sp³-hybridized carbons (Fsp3) is 0.276. The van der Waals surface area contributed by atoms with Crippen LogP contribution in [0.15, 0.2) is 66.8 Å². The Labute approximate surface area is 206 Å². The number of carbonyl (C=O) groups excluding carboxylic acids is 3.